The van der Waals surface area contributed by atoms with Gasteiger partial charge in [0, 0.05) is 13.2 Å². The van der Waals surface area contributed by atoms with E-state index in [-0.39, 0.29) is 5.56 Å². The van der Waals surface area contributed by atoms with Crippen molar-refractivity contribution in [2.45, 2.75) is 10.8 Å². The summed E-state index contributed by atoms with van der Waals surface area (Å²) in [6.45, 7) is 0. The number of hydrogen-bond donors (Lipinski definition) is 1. The lowest BCUT2D eigenvalue weighted by atomic mass is 10.3. The third kappa shape index (κ3) is 2.62. The molecule has 0 aromatic carbocycles. The molecule has 0 amide bonds. The van der Waals surface area contributed by atoms with E-state index in [1.54, 1.807) is 24.0 Å². The number of thioether (sulfide) groups is 1. The molecule has 2 heterocycles. The van der Waals surface area contributed by atoms with Crippen molar-refractivity contribution < 1.29 is 9.90 Å². The van der Waals surface area contributed by atoms with Gasteiger partial charge in [0.15, 0.2) is 0 Å². The molecule has 0 spiro atoms. The Balaban J connectivity index is 2.14. The van der Waals surface area contributed by atoms with Crippen LogP contribution in [-0.2, 0) is 12.8 Å². The highest BCUT2D eigenvalue weighted by molar-refractivity contribution is 7.98. The largest absolute Gasteiger partial charge is 0.478 e. The number of aromatic carboxylic acids is 1. The summed E-state index contributed by atoms with van der Waals surface area (Å²) >= 11 is 1.33. The van der Waals surface area contributed by atoms with E-state index in [1.165, 1.54) is 24.2 Å². The van der Waals surface area contributed by atoms with E-state index >= 15 is 0 Å². The smallest absolute Gasteiger partial charge is 0.338 e. The van der Waals surface area contributed by atoms with Crippen molar-refractivity contribution in [1.29, 1.82) is 0 Å². The van der Waals surface area contributed by atoms with Gasteiger partial charge in [-0.2, -0.15) is 5.10 Å². The van der Waals surface area contributed by atoms with Crippen LogP contribution in [-0.4, -0.2) is 30.8 Å². The second kappa shape index (κ2) is 4.96. The highest BCUT2D eigenvalue weighted by Crippen LogP contribution is 2.22. The summed E-state index contributed by atoms with van der Waals surface area (Å²) in [5.74, 6) is 0.337. The SMILES string of the molecule is Cn1ncnc1CSc1ncccc1C(=O)O. The van der Waals surface area contributed by atoms with Gasteiger partial charge >= 0.3 is 5.97 Å². The van der Waals surface area contributed by atoms with Gasteiger partial charge in [-0.1, -0.05) is 11.8 Å². The van der Waals surface area contributed by atoms with Gasteiger partial charge in [0.25, 0.3) is 0 Å². The lowest BCUT2D eigenvalue weighted by Crippen LogP contribution is -2.02. The Morgan fingerprint density at radius 3 is 3.00 bits per heavy atom. The van der Waals surface area contributed by atoms with Crippen LogP contribution in [0.4, 0.5) is 0 Å². The third-order valence-corrected chi connectivity index (χ3v) is 3.15. The van der Waals surface area contributed by atoms with Gasteiger partial charge < -0.3 is 5.11 Å². The van der Waals surface area contributed by atoms with Gasteiger partial charge in [-0.05, 0) is 12.1 Å². The fraction of sp³-hybridized carbons (Fsp3) is 0.200. The minimum atomic E-state index is -0.974. The molecule has 0 aliphatic heterocycles. The number of carboxylic acids is 1. The maximum absolute atomic E-state index is 11.0. The van der Waals surface area contributed by atoms with E-state index in [0.29, 0.717) is 10.8 Å². The van der Waals surface area contributed by atoms with Gasteiger partial charge in [-0.3, -0.25) is 4.68 Å². The summed E-state index contributed by atoms with van der Waals surface area (Å²) in [7, 11) is 1.79. The molecular weight excluding hydrogens is 240 g/mol. The minimum absolute atomic E-state index is 0.208. The number of nitrogens with zero attached hydrogens (tertiary/aromatic N) is 4. The first-order valence-corrected chi connectivity index (χ1v) is 5.81. The van der Waals surface area contributed by atoms with E-state index in [2.05, 4.69) is 15.1 Å². The molecule has 0 aliphatic rings. The molecule has 0 unspecified atom stereocenters. The fourth-order valence-electron chi connectivity index (χ4n) is 1.25. The molecule has 88 valence electrons. The molecule has 0 radical (unpaired) electrons. The Bertz CT molecular complexity index is 541. The molecule has 0 bridgehead atoms. The molecule has 1 N–H and O–H groups in total. The van der Waals surface area contributed by atoms with Crippen LogP contribution in [0.1, 0.15) is 16.2 Å². The summed E-state index contributed by atoms with van der Waals surface area (Å²) in [6, 6.07) is 3.14. The number of aryl methyl sites for hydroxylation is 1. The molecule has 2 aromatic rings. The van der Waals surface area contributed by atoms with Gasteiger partial charge in [-0.15, -0.1) is 0 Å². The van der Waals surface area contributed by atoms with Crippen LogP contribution in [0.5, 0.6) is 0 Å². The first-order chi connectivity index (χ1) is 8.18. The van der Waals surface area contributed by atoms with Crippen LogP contribution < -0.4 is 0 Å². The Hall–Kier alpha value is -1.89. The molecule has 7 heteroatoms. The quantitative estimate of drug-likeness (QED) is 0.821. The number of hydrogen-bond acceptors (Lipinski definition) is 5. The van der Waals surface area contributed by atoms with Gasteiger partial charge in [0.1, 0.15) is 17.2 Å². The first kappa shape index (κ1) is 11.6. The monoisotopic (exact) mass is 250 g/mol. The molecule has 0 fully saturated rings. The fourth-order valence-corrected chi connectivity index (χ4v) is 2.23. The maximum Gasteiger partial charge on any atom is 0.338 e. The predicted octanol–water partition coefficient (Wildman–Crippen LogP) is 1.20. The molecule has 17 heavy (non-hydrogen) atoms. The normalized spacial score (nSPS) is 10.4. The maximum atomic E-state index is 11.0. The van der Waals surface area contributed by atoms with E-state index in [1.807, 2.05) is 0 Å². The zero-order valence-electron chi connectivity index (χ0n) is 9.07. The Morgan fingerprint density at radius 2 is 2.35 bits per heavy atom. The molecule has 6 nitrogen and oxygen atoms in total. The van der Waals surface area contributed by atoms with Crippen molar-refractivity contribution in [1.82, 2.24) is 19.7 Å². The van der Waals surface area contributed by atoms with Gasteiger partial charge in [-0.25, -0.2) is 14.8 Å². The molecule has 0 aliphatic carbocycles. The van der Waals surface area contributed by atoms with Crippen LogP contribution in [0, 0.1) is 0 Å². The number of carbonyl (C=O) groups is 1. The highest BCUT2D eigenvalue weighted by atomic mass is 32.2. The van der Waals surface area contributed by atoms with Crippen molar-refractivity contribution in [2.24, 2.45) is 7.05 Å². The zero-order chi connectivity index (χ0) is 12.3. The Morgan fingerprint density at radius 1 is 1.53 bits per heavy atom. The number of carboxylic acid groups (broad SMARTS) is 1. The second-order valence-corrected chi connectivity index (χ2v) is 4.21. The van der Waals surface area contributed by atoms with Crippen molar-refractivity contribution in [3.8, 4) is 0 Å². The van der Waals surface area contributed by atoms with Crippen molar-refractivity contribution in [3.63, 3.8) is 0 Å². The first-order valence-electron chi connectivity index (χ1n) is 4.82. The molecule has 2 rings (SSSR count). The second-order valence-electron chi connectivity index (χ2n) is 3.25. The summed E-state index contributed by atoms with van der Waals surface area (Å²) in [6.07, 6.45) is 3.04. The van der Waals surface area contributed by atoms with Crippen LogP contribution in [0.25, 0.3) is 0 Å². The molecule has 2 aromatic heterocycles. The summed E-state index contributed by atoms with van der Waals surface area (Å²) < 4.78 is 1.65. The van der Waals surface area contributed by atoms with E-state index in [9.17, 15) is 4.79 Å². The van der Waals surface area contributed by atoms with E-state index in [0.717, 1.165) is 5.82 Å². The minimum Gasteiger partial charge on any atom is -0.478 e. The van der Waals surface area contributed by atoms with Gasteiger partial charge in [0.05, 0.1) is 11.3 Å². The summed E-state index contributed by atoms with van der Waals surface area (Å²) in [5.41, 5.74) is 0.208. The van der Waals surface area contributed by atoms with Gasteiger partial charge in [0.2, 0.25) is 0 Å². The van der Waals surface area contributed by atoms with E-state index in [4.69, 9.17) is 5.11 Å². The lowest BCUT2D eigenvalue weighted by molar-refractivity contribution is 0.0692. The molecule has 0 saturated carbocycles. The van der Waals surface area contributed by atoms with Crippen LogP contribution in [0.3, 0.4) is 0 Å². The average Bonchev–Trinajstić information content (AvgIpc) is 2.72. The van der Waals surface area contributed by atoms with Crippen LogP contribution >= 0.6 is 11.8 Å². The zero-order valence-corrected chi connectivity index (χ0v) is 9.89. The Kier molecular flexibility index (Phi) is 3.38. The lowest BCUT2D eigenvalue weighted by Gasteiger charge is -2.03. The van der Waals surface area contributed by atoms with Crippen LogP contribution in [0.2, 0.25) is 0 Å². The topological polar surface area (TPSA) is 80.9 Å². The highest BCUT2D eigenvalue weighted by Gasteiger charge is 2.12. The average molecular weight is 250 g/mol. The van der Waals surface area contributed by atoms with Crippen LogP contribution in [0.15, 0.2) is 29.7 Å². The number of rotatable bonds is 4. The number of aromatic nitrogens is 4. The number of pyridine rings is 1. The van der Waals surface area contributed by atoms with Crippen molar-refractivity contribution >= 4 is 17.7 Å². The molecule has 0 atom stereocenters. The van der Waals surface area contributed by atoms with Crippen molar-refractivity contribution in [3.05, 3.63) is 36.0 Å². The standard InChI is InChI=1S/C10H10N4O2S/c1-14-8(12-6-13-14)5-17-9-7(10(15)16)3-2-4-11-9/h2-4,6H,5H2,1H3,(H,15,16). The summed E-state index contributed by atoms with van der Waals surface area (Å²) in [4.78, 5) is 19.1. The third-order valence-electron chi connectivity index (χ3n) is 2.14. The van der Waals surface area contributed by atoms with Crippen molar-refractivity contribution in [2.75, 3.05) is 0 Å². The molecular formula is C10H10N4O2S. The van der Waals surface area contributed by atoms with E-state index < -0.39 is 5.97 Å². The Labute approximate surface area is 102 Å². The molecule has 0 saturated heterocycles. The summed E-state index contributed by atoms with van der Waals surface area (Å²) in [5, 5.41) is 13.4. The predicted molar refractivity (Wildman–Crippen MR) is 61.8 cm³/mol.